The van der Waals surface area contributed by atoms with Gasteiger partial charge in [0.25, 0.3) is 15.9 Å². The number of aromatic nitrogens is 1. The molecule has 1 N–H and O–H groups in total. The minimum Gasteiger partial charge on any atom is -0.339 e. The molecule has 0 atom stereocenters. The van der Waals surface area contributed by atoms with E-state index in [0.29, 0.717) is 24.6 Å². The molecular formula is C20H28ClN3O3S. The third kappa shape index (κ3) is 4.96. The fraction of sp³-hybridized carbons (Fsp3) is 0.450. The number of nitrogens with zero attached hydrogens (tertiary/aromatic N) is 2. The first kappa shape index (κ1) is 22.5. The second-order valence-electron chi connectivity index (χ2n) is 7.09. The van der Waals surface area contributed by atoms with Crippen molar-refractivity contribution in [2.45, 2.75) is 31.6 Å². The molecule has 1 aromatic carbocycles. The Balaban J connectivity index is 0.00000280. The van der Waals surface area contributed by atoms with Crippen LogP contribution in [0.25, 0.3) is 0 Å². The van der Waals surface area contributed by atoms with E-state index in [1.807, 2.05) is 11.8 Å². The van der Waals surface area contributed by atoms with Gasteiger partial charge in [0.15, 0.2) is 0 Å². The number of likely N-dealkylation sites (tertiary alicyclic amines) is 1. The maximum absolute atomic E-state index is 12.7. The minimum absolute atomic E-state index is 0. The maximum atomic E-state index is 12.7. The quantitative estimate of drug-likeness (QED) is 0.772. The van der Waals surface area contributed by atoms with Gasteiger partial charge in [-0.2, -0.15) is 0 Å². The van der Waals surface area contributed by atoms with Crippen molar-refractivity contribution in [3.05, 3.63) is 53.9 Å². The molecule has 8 heteroatoms. The van der Waals surface area contributed by atoms with Crippen LogP contribution < -0.4 is 5.32 Å². The van der Waals surface area contributed by atoms with Gasteiger partial charge in [0.2, 0.25) is 0 Å². The molecule has 28 heavy (non-hydrogen) atoms. The van der Waals surface area contributed by atoms with Crippen LogP contribution in [0, 0.1) is 12.8 Å². The van der Waals surface area contributed by atoms with Gasteiger partial charge in [-0.25, -0.2) is 12.4 Å². The van der Waals surface area contributed by atoms with Crippen molar-refractivity contribution in [2.75, 3.05) is 26.2 Å². The SMILES string of the molecule is CCNCC1CCN(C(=O)c2ccn(S(=O)(=O)c3ccc(C)cc3)c2)CC1.Cl. The first-order chi connectivity index (χ1) is 12.9. The lowest BCUT2D eigenvalue weighted by atomic mass is 9.96. The number of piperidine rings is 1. The van der Waals surface area contributed by atoms with Crippen molar-refractivity contribution in [3.63, 3.8) is 0 Å². The van der Waals surface area contributed by atoms with Crippen LogP contribution in [0.5, 0.6) is 0 Å². The van der Waals surface area contributed by atoms with Crippen molar-refractivity contribution in [1.29, 1.82) is 0 Å². The van der Waals surface area contributed by atoms with Crippen LogP contribution in [0.15, 0.2) is 47.6 Å². The summed E-state index contributed by atoms with van der Waals surface area (Å²) in [5, 5.41) is 3.36. The van der Waals surface area contributed by atoms with Crippen molar-refractivity contribution in [2.24, 2.45) is 5.92 Å². The molecule has 0 radical (unpaired) electrons. The van der Waals surface area contributed by atoms with Gasteiger partial charge in [-0.1, -0.05) is 24.6 Å². The highest BCUT2D eigenvalue weighted by molar-refractivity contribution is 7.90. The number of nitrogens with one attached hydrogen (secondary N) is 1. The molecule has 1 aliphatic rings. The third-order valence-corrected chi connectivity index (χ3v) is 6.75. The molecule has 154 valence electrons. The van der Waals surface area contributed by atoms with Crippen molar-refractivity contribution >= 4 is 28.3 Å². The van der Waals surface area contributed by atoms with Gasteiger partial charge in [0, 0.05) is 25.5 Å². The van der Waals surface area contributed by atoms with E-state index < -0.39 is 10.0 Å². The fourth-order valence-electron chi connectivity index (χ4n) is 3.36. The van der Waals surface area contributed by atoms with Gasteiger partial charge >= 0.3 is 0 Å². The van der Waals surface area contributed by atoms with Gasteiger partial charge in [-0.05, 0) is 57.0 Å². The molecule has 1 aromatic heterocycles. The van der Waals surface area contributed by atoms with E-state index in [1.54, 1.807) is 30.3 Å². The molecular weight excluding hydrogens is 398 g/mol. The second-order valence-corrected chi connectivity index (χ2v) is 8.93. The molecule has 0 unspecified atom stereocenters. The van der Waals surface area contributed by atoms with Crippen LogP contribution in [0.3, 0.4) is 0 Å². The fourth-order valence-corrected chi connectivity index (χ4v) is 4.55. The van der Waals surface area contributed by atoms with E-state index in [4.69, 9.17) is 0 Å². The van der Waals surface area contributed by atoms with Gasteiger partial charge in [-0.3, -0.25) is 4.79 Å². The Labute approximate surface area is 173 Å². The number of rotatable bonds is 6. The lowest BCUT2D eigenvalue weighted by Crippen LogP contribution is -2.40. The van der Waals surface area contributed by atoms with E-state index in [9.17, 15) is 13.2 Å². The second kappa shape index (κ2) is 9.58. The molecule has 0 aliphatic carbocycles. The molecule has 1 aliphatic heterocycles. The molecule has 3 rings (SSSR count). The largest absolute Gasteiger partial charge is 0.339 e. The van der Waals surface area contributed by atoms with Gasteiger partial charge in [-0.15, -0.1) is 12.4 Å². The Morgan fingerprint density at radius 3 is 2.39 bits per heavy atom. The lowest BCUT2D eigenvalue weighted by molar-refractivity contribution is 0.0690. The molecule has 6 nitrogen and oxygen atoms in total. The van der Waals surface area contributed by atoms with E-state index in [-0.39, 0.29) is 23.2 Å². The summed E-state index contributed by atoms with van der Waals surface area (Å²) in [6.45, 7) is 7.37. The summed E-state index contributed by atoms with van der Waals surface area (Å²) >= 11 is 0. The summed E-state index contributed by atoms with van der Waals surface area (Å²) in [6.07, 6.45) is 4.81. The predicted molar refractivity (Wildman–Crippen MR) is 113 cm³/mol. The van der Waals surface area contributed by atoms with Crippen molar-refractivity contribution < 1.29 is 13.2 Å². The summed E-state index contributed by atoms with van der Waals surface area (Å²) < 4.78 is 26.6. The van der Waals surface area contributed by atoms with Crippen LogP contribution in [-0.4, -0.2) is 49.4 Å². The van der Waals surface area contributed by atoms with E-state index in [1.165, 1.54) is 12.4 Å². The topological polar surface area (TPSA) is 71.4 Å². The number of aryl methyl sites for hydroxylation is 1. The van der Waals surface area contributed by atoms with Gasteiger partial charge in [0.1, 0.15) is 0 Å². The molecule has 0 spiro atoms. The zero-order valence-corrected chi connectivity index (χ0v) is 17.9. The average molecular weight is 426 g/mol. The predicted octanol–water partition coefficient (Wildman–Crippen LogP) is 2.92. The number of carbonyl (C=O) groups excluding carboxylic acids is 1. The number of carbonyl (C=O) groups is 1. The molecule has 2 aromatic rings. The maximum Gasteiger partial charge on any atom is 0.267 e. The van der Waals surface area contributed by atoms with E-state index in [0.717, 1.165) is 35.5 Å². The molecule has 2 heterocycles. The lowest BCUT2D eigenvalue weighted by Gasteiger charge is -2.32. The zero-order valence-electron chi connectivity index (χ0n) is 16.3. The monoisotopic (exact) mass is 425 g/mol. The first-order valence-electron chi connectivity index (χ1n) is 9.42. The third-order valence-electron chi connectivity index (χ3n) is 5.10. The van der Waals surface area contributed by atoms with Crippen LogP contribution >= 0.6 is 12.4 Å². The number of hydrogen-bond donors (Lipinski definition) is 1. The highest BCUT2D eigenvalue weighted by Gasteiger charge is 2.25. The van der Waals surface area contributed by atoms with Crippen LogP contribution in [0.2, 0.25) is 0 Å². The molecule has 0 saturated carbocycles. The zero-order chi connectivity index (χ0) is 19.4. The highest BCUT2D eigenvalue weighted by Crippen LogP contribution is 2.20. The number of amides is 1. The van der Waals surface area contributed by atoms with Gasteiger partial charge < -0.3 is 10.2 Å². The summed E-state index contributed by atoms with van der Waals surface area (Å²) in [6, 6.07) is 8.28. The summed E-state index contributed by atoms with van der Waals surface area (Å²) in [5.41, 5.74) is 1.41. The minimum atomic E-state index is -3.68. The molecule has 1 saturated heterocycles. The average Bonchev–Trinajstić information content (AvgIpc) is 3.17. The van der Waals surface area contributed by atoms with Crippen LogP contribution in [0.4, 0.5) is 0 Å². The summed E-state index contributed by atoms with van der Waals surface area (Å²) in [4.78, 5) is 14.8. The normalized spacial score (nSPS) is 15.3. The Morgan fingerprint density at radius 2 is 1.79 bits per heavy atom. The van der Waals surface area contributed by atoms with Crippen LogP contribution in [0.1, 0.15) is 35.7 Å². The van der Waals surface area contributed by atoms with E-state index in [2.05, 4.69) is 12.2 Å². The molecule has 1 fully saturated rings. The van der Waals surface area contributed by atoms with Crippen LogP contribution in [-0.2, 0) is 10.0 Å². The smallest absolute Gasteiger partial charge is 0.267 e. The Kier molecular flexibility index (Phi) is 7.69. The first-order valence-corrected chi connectivity index (χ1v) is 10.9. The summed E-state index contributed by atoms with van der Waals surface area (Å²) in [7, 11) is -3.68. The highest BCUT2D eigenvalue weighted by atomic mass is 35.5. The molecule has 1 amide bonds. The number of halogens is 1. The van der Waals surface area contributed by atoms with Gasteiger partial charge in [0.05, 0.1) is 10.5 Å². The summed E-state index contributed by atoms with van der Waals surface area (Å²) in [5.74, 6) is 0.496. The Hall–Kier alpha value is -1.83. The number of benzene rings is 1. The van der Waals surface area contributed by atoms with E-state index >= 15 is 0 Å². The Bertz CT molecular complexity index is 886. The van der Waals surface area contributed by atoms with Crippen molar-refractivity contribution in [1.82, 2.24) is 14.2 Å². The standard InChI is InChI=1S/C20H27N3O3S.ClH/c1-3-21-14-17-8-11-22(12-9-17)20(24)18-10-13-23(15-18)27(25,26)19-6-4-16(2)5-7-19;/h4-7,10,13,15,17,21H,3,8-9,11-12,14H2,1-2H3;1H. The number of hydrogen-bond acceptors (Lipinski definition) is 4. The molecule has 0 bridgehead atoms. The Morgan fingerprint density at radius 1 is 1.14 bits per heavy atom. The van der Waals surface area contributed by atoms with Crippen molar-refractivity contribution in [3.8, 4) is 0 Å².